The summed E-state index contributed by atoms with van der Waals surface area (Å²) in [6.07, 6.45) is 4.58. The molecule has 0 spiro atoms. The van der Waals surface area contributed by atoms with Crippen molar-refractivity contribution in [1.82, 2.24) is 30.0 Å². The van der Waals surface area contributed by atoms with Crippen molar-refractivity contribution in [3.8, 4) is 0 Å². The topological polar surface area (TPSA) is 50.1 Å². The third-order valence-electron chi connectivity index (χ3n) is 6.65. The fourth-order valence-electron chi connectivity index (χ4n) is 5.01. The van der Waals surface area contributed by atoms with Gasteiger partial charge in [-0.25, -0.2) is 9.07 Å². The zero-order valence-corrected chi connectivity index (χ0v) is 18.9. The van der Waals surface area contributed by atoms with Gasteiger partial charge in [-0.1, -0.05) is 61.4 Å². The molecule has 3 aromatic rings. The average Bonchev–Trinajstić information content (AvgIpc) is 3.49. The highest BCUT2D eigenvalue weighted by Crippen LogP contribution is 2.35. The standard InChI is InChI=1S/C24H29FN6.ClH/c25-22-13-7-6-12-21(22)23(24-26-27-28-31(24)20-10-4-5-11-20)30-16-14-29(15-17-30)18-19-8-2-1-3-9-19;/h1-3,6-9,12-13,20,23H,4-5,10-11,14-18H2;1H/p-1. The molecule has 1 unspecified atom stereocenters. The first-order valence-electron chi connectivity index (χ1n) is 11.3. The Bertz CT molecular complexity index is 983. The molecule has 8 heteroatoms. The molecular formula is C24H29ClFN6-. The molecule has 1 saturated carbocycles. The van der Waals surface area contributed by atoms with E-state index in [0.29, 0.717) is 11.6 Å². The molecule has 32 heavy (non-hydrogen) atoms. The van der Waals surface area contributed by atoms with Gasteiger partial charge < -0.3 is 12.4 Å². The minimum atomic E-state index is -0.268. The first-order chi connectivity index (χ1) is 15.3. The van der Waals surface area contributed by atoms with Gasteiger partial charge in [-0.15, -0.1) is 5.10 Å². The minimum Gasteiger partial charge on any atom is -1.00 e. The minimum absolute atomic E-state index is 0. The molecule has 1 aromatic heterocycles. The number of benzene rings is 2. The number of rotatable bonds is 6. The lowest BCUT2D eigenvalue weighted by Crippen LogP contribution is -3.00. The molecule has 0 amide bonds. The van der Waals surface area contributed by atoms with Crippen molar-refractivity contribution in [2.75, 3.05) is 26.2 Å². The maximum Gasteiger partial charge on any atom is 0.173 e. The van der Waals surface area contributed by atoms with Crippen molar-refractivity contribution >= 4 is 0 Å². The number of piperazine rings is 1. The second-order valence-electron chi connectivity index (χ2n) is 8.64. The van der Waals surface area contributed by atoms with Crippen molar-refractivity contribution in [3.63, 3.8) is 0 Å². The Balaban J connectivity index is 0.00000245. The van der Waals surface area contributed by atoms with Crippen LogP contribution < -0.4 is 12.4 Å². The van der Waals surface area contributed by atoms with Crippen LogP contribution in [0.1, 0.15) is 54.7 Å². The van der Waals surface area contributed by atoms with Crippen LogP contribution in [0.15, 0.2) is 54.6 Å². The SMILES string of the molecule is Fc1ccccc1C(c1nnnn1C1CCCC1)N1CCN(Cc2ccccc2)CC1.[Cl-]. The van der Waals surface area contributed by atoms with Gasteiger partial charge in [0, 0.05) is 38.3 Å². The summed E-state index contributed by atoms with van der Waals surface area (Å²) in [6.45, 7) is 4.52. The summed E-state index contributed by atoms with van der Waals surface area (Å²) in [5.74, 6) is 0.577. The fraction of sp³-hybridized carbons (Fsp3) is 0.458. The molecule has 5 rings (SSSR count). The smallest absolute Gasteiger partial charge is 0.173 e. The fourth-order valence-corrected chi connectivity index (χ4v) is 5.01. The highest BCUT2D eigenvalue weighted by Gasteiger charge is 2.34. The molecular weight excluding hydrogens is 427 g/mol. The summed E-state index contributed by atoms with van der Waals surface area (Å²) in [5.41, 5.74) is 1.99. The van der Waals surface area contributed by atoms with E-state index in [1.165, 1.54) is 24.5 Å². The van der Waals surface area contributed by atoms with E-state index in [1.54, 1.807) is 6.07 Å². The number of nitrogens with zero attached hydrogens (tertiary/aromatic N) is 6. The highest BCUT2D eigenvalue weighted by molar-refractivity contribution is 5.27. The van der Waals surface area contributed by atoms with E-state index < -0.39 is 0 Å². The second kappa shape index (κ2) is 10.5. The second-order valence-corrected chi connectivity index (χ2v) is 8.64. The molecule has 0 radical (unpaired) electrons. The zero-order chi connectivity index (χ0) is 21.0. The molecule has 0 N–H and O–H groups in total. The van der Waals surface area contributed by atoms with E-state index in [0.717, 1.165) is 51.4 Å². The van der Waals surface area contributed by atoms with Crippen LogP contribution in [0.5, 0.6) is 0 Å². The molecule has 2 aliphatic rings. The number of halogens is 2. The third kappa shape index (κ3) is 4.85. The molecule has 170 valence electrons. The third-order valence-corrected chi connectivity index (χ3v) is 6.65. The first-order valence-corrected chi connectivity index (χ1v) is 11.3. The monoisotopic (exact) mass is 455 g/mol. The Morgan fingerprint density at radius 1 is 0.906 bits per heavy atom. The van der Waals surface area contributed by atoms with E-state index in [1.807, 2.05) is 16.8 Å². The van der Waals surface area contributed by atoms with Crippen molar-refractivity contribution < 1.29 is 16.8 Å². The van der Waals surface area contributed by atoms with Gasteiger partial charge in [-0.3, -0.25) is 9.80 Å². The molecule has 1 aliphatic carbocycles. The van der Waals surface area contributed by atoms with Crippen LogP contribution in [-0.4, -0.2) is 56.2 Å². The lowest BCUT2D eigenvalue weighted by Gasteiger charge is -2.39. The predicted octanol–water partition coefficient (Wildman–Crippen LogP) is 0.839. The average molecular weight is 456 g/mol. The Labute approximate surface area is 194 Å². The summed E-state index contributed by atoms with van der Waals surface area (Å²) in [7, 11) is 0. The number of tetrazole rings is 1. The van der Waals surface area contributed by atoms with Crippen LogP contribution in [0.3, 0.4) is 0 Å². The van der Waals surface area contributed by atoms with Crippen LogP contribution in [0, 0.1) is 5.82 Å². The summed E-state index contributed by atoms with van der Waals surface area (Å²) >= 11 is 0. The van der Waals surface area contributed by atoms with Crippen LogP contribution in [0.4, 0.5) is 4.39 Å². The van der Waals surface area contributed by atoms with Gasteiger partial charge in [0.05, 0.1) is 6.04 Å². The van der Waals surface area contributed by atoms with Gasteiger partial charge in [-0.05, 0) is 34.9 Å². The lowest BCUT2D eigenvalue weighted by molar-refractivity contribution is -0.00000707. The quantitative estimate of drug-likeness (QED) is 0.551. The Morgan fingerprint density at radius 3 is 2.31 bits per heavy atom. The zero-order valence-electron chi connectivity index (χ0n) is 18.2. The maximum absolute atomic E-state index is 14.9. The van der Waals surface area contributed by atoms with Crippen LogP contribution in [0.25, 0.3) is 0 Å². The lowest BCUT2D eigenvalue weighted by atomic mass is 10.0. The Morgan fingerprint density at radius 2 is 1.59 bits per heavy atom. The molecule has 2 heterocycles. The van der Waals surface area contributed by atoms with E-state index in [4.69, 9.17) is 0 Å². The summed E-state index contributed by atoms with van der Waals surface area (Å²) in [4.78, 5) is 4.81. The Kier molecular flexibility index (Phi) is 7.50. The molecule has 6 nitrogen and oxygen atoms in total. The van der Waals surface area contributed by atoms with Gasteiger partial charge in [0.2, 0.25) is 0 Å². The van der Waals surface area contributed by atoms with Gasteiger partial charge in [-0.2, -0.15) is 0 Å². The number of hydrogen-bond donors (Lipinski definition) is 0. The van der Waals surface area contributed by atoms with E-state index in [9.17, 15) is 4.39 Å². The Hall–Kier alpha value is -2.35. The molecule has 1 aliphatic heterocycles. The molecule has 1 atom stereocenters. The van der Waals surface area contributed by atoms with Crippen LogP contribution >= 0.6 is 0 Å². The van der Waals surface area contributed by atoms with Crippen LogP contribution in [0.2, 0.25) is 0 Å². The van der Waals surface area contributed by atoms with E-state index >= 15 is 0 Å². The summed E-state index contributed by atoms with van der Waals surface area (Å²) in [6, 6.07) is 17.7. The van der Waals surface area contributed by atoms with Gasteiger partial charge in [0.15, 0.2) is 5.82 Å². The van der Waals surface area contributed by atoms with Gasteiger partial charge in [0.25, 0.3) is 0 Å². The maximum atomic E-state index is 14.9. The summed E-state index contributed by atoms with van der Waals surface area (Å²) in [5, 5.41) is 12.8. The van der Waals surface area contributed by atoms with Crippen molar-refractivity contribution in [2.45, 2.75) is 44.3 Å². The molecule has 0 bridgehead atoms. The number of aromatic nitrogens is 4. The van der Waals surface area contributed by atoms with Crippen molar-refractivity contribution in [1.29, 1.82) is 0 Å². The largest absolute Gasteiger partial charge is 1.00 e. The number of hydrogen-bond acceptors (Lipinski definition) is 5. The molecule has 1 saturated heterocycles. The van der Waals surface area contributed by atoms with Crippen molar-refractivity contribution in [3.05, 3.63) is 77.4 Å². The molecule has 2 fully saturated rings. The van der Waals surface area contributed by atoms with Crippen molar-refractivity contribution in [2.24, 2.45) is 0 Å². The first kappa shape index (κ1) is 22.8. The van der Waals surface area contributed by atoms with Crippen LogP contribution in [-0.2, 0) is 6.54 Å². The highest BCUT2D eigenvalue weighted by atomic mass is 35.5. The normalized spacial score (nSPS) is 19.0. The molecule has 2 aromatic carbocycles. The van der Waals surface area contributed by atoms with E-state index in [2.05, 4.69) is 55.7 Å². The van der Waals surface area contributed by atoms with Gasteiger partial charge >= 0.3 is 0 Å². The van der Waals surface area contributed by atoms with E-state index in [-0.39, 0.29) is 24.3 Å². The summed E-state index contributed by atoms with van der Waals surface area (Å²) < 4.78 is 16.9. The van der Waals surface area contributed by atoms with Gasteiger partial charge in [0.1, 0.15) is 11.9 Å². The predicted molar refractivity (Wildman–Crippen MR) is 117 cm³/mol.